The fourth-order valence-electron chi connectivity index (χ4n) is 1.49. The summed E-state index contributed by atoms with van der Waals surface area (Å²) in [5, 5.41) is 1.43. The van der Waals surface area contributed by atoms with Gasteiger partial charge in [0, 0.05) is 9.80 Å². The number of rotatable bonds is 4. The van der Waals surface area contributed by atoms with Crippen LogP contribution in [0.3, 0.4) is 0 Å². The van der Waals surface area contributed by atoms with Crippen LogP contribution in [0.2, 0.25) is 5.02 Å². The third-order valence-electron chi connectivity index (χ3n) is 2.46. The molecule has 0 radical (unpaired) electrons. The quantitative estimate of drug-likeness (QED) is 0.620. The molecular formula is C14H11Br2ClO. The van der Waals surface area contributed by atoms with E-state index in [-0.39, 0.29) is 0 Å². The van der Waals surface area contributed by atoms with Crippen LogP contribution in [0, 0.1) is 0 Å². The van der Waals surface area contributed by atoms with E-state index < -0.39 is 0 Å². The smallest absolute Gasteiger partial charge is 0.138 e. The summed E-state index contributed by atoms with van der Waals surface area (Å²) in [4.78, 5) is 0. The largest absolute Gasteiger partial charge is 0.487 e. The molecule has 0 unspecified atom stereocenters. The number of alkyl halides is 1. The topological polar surface area (TPSA) is 9.23 Å². The van der Waals surface area contributed by atoms with E-state index in [2.05, 4.69) is 31.9 Å². The highest BCUT2D eigenvalue weighted by molar-refractivity contribution is 9.10. The molecule has 0 fully saturated rings. The second kappa shape index (κ2) is 6.60. The van der Waals surface area contributed by atoms with E-state index >= 15 is 0 Å². The molecule has 0 aliphatic rings. The summed E-state index contributed by atoms with van der Waals surface area (Å²) in [6, 6.07) is 13.8. The molecule has 0 spiro atoms. The molecule has 0 N–H and O–H groups in total. The fraction of sp³-hybridized carbons (Fsp3) is 0.143. The van der Waals surface area contributed by atoms with Gasteiger partial charge in [-0.3, -0.25) is 0 Å². The summed E-state index contributed by atoms with van der Waals surface area (Å²) in [6.45, 7) is 0.515. The minimum atomic E-state index is 0.515. The van der Waals surface area contributed by atoms with Crippen LogP contribution in [-0.4, -0.2) is 0 Å². The third-order valence-corrected chi connectivity index (χ3v) is 3.93. The maximum atomic E-state index is 6.15. The predicted molar refractivity (Wildman–Crippen MR) is 82.6 cm³/mol. The van der Waals surface area contributed by atoms with Crippen LogP contribution in [-0.2, 0) is 11.9 Å². The van der Waals surface area contributed by atoms with E-state index in [0.717, 1.165) is 20.9 Å². The Hall–Kier alpha value is -0.510. The van der Waals surface area contributed by atoms with Gasteiger partial charge in [-0.15, -0.1) is 0 Å². The van der Waals surface area contributed by atoms with Gasteiger partial charge in [0.1, 0.15) is 12.4 Å². The molecule has 0 saturated heterocycles. The molecule has 18 heavy (non-hydrogen) atoms. The molecule has 0 bridgehead atoms. The Bertz CT molecular complexity index is 526. The minimum Gasteiger partial charge on any atom is -0.487 e. The highest BCUT2D eigenvalue weighted by Gasteiger charge is 2.03. The van der Waals surface area contributed by atoms with Crippen molar-refractivity contribution in [3.05, 3.63) is 63.1 Å². The molecule has 0 amide bonds. The van der Waals surface area contributed by atoms with Crippen molar-refractivity contribution in [1.82, 2.24) is 0 Å². The zero-order chi connectivity index (χ0) is 13.0. The third kappa shape index (κ3) is 3.74. The van der Waals surface area contributed by atoms with Gasteiger partial charge in [0.25, 0.3) is 0 Å². The van der Waals surface area contributed by atoms with Crippen molar-refractivity contribution >= 4 is 43.5 Å². The Morgan fingerprint density at radius 2 is 1.67 bits per heavy atom. The summed E-state index contributed by atoms with van der Waals surface area (Å²) in [5.41, 5.74) is 2.25. The summed E-state index contributed by atoms with van der Waals surface area (Å²) < 4.78 is 6.76. The lowest BCUT2D eigenvalue weighted by Crippen LogP contribution is -1.96. The van der Waals surface area contributed by atoms with Crippen molar-refractivity contribution < 1.29 is 4.74 Å². The van der Waals surface area contributed by atoms with Crippen molar-refractivity contribution in [1.29, 1.82) is 0 Å². The number of ether oxygens (including phenoxy) is 1. The van der Waals surface area contributed by atoms with E-state index in [1.165, 1.54) is 0 Å². The lowest BCUT2D eigenvalue weighted by Gasteiger charge is -2.09. The predicted octanol–water partition coefficient (Wildman–Crippen LogP) is 5.58. The minimum absolute atomic E-state index is 0.515. The average molecular weight is 391 g/mol. The molecule has 94 valence electrons. The Kier molecular flexibility index (Phi) is 5.10. The summed E-state index contributed by atoms with van der Waals surface area (Å²) in [6.07, 6.45) is 0. The highest BCUT2D eigenvalue weighted by atomic mass is 79.9. The molecule has 1 nitrogen and oxygen atoms in total. The van der Waals surface area contributed by atoms with Gasteiger partial charge in [-0.2, -0.15) is 0 Å². The Balaban J connectivity index is 2.04. The Morgan fingerprint density at radius 3 is 2.28 bits per heavy atom. The van der Waals surface area contributed by atoms with Crippen LogP contribution in [0.1, 0.15) is 11.1 Å². The van der Waals surface area contributed by atoms with E-state index in [1.54, 1.807) is 0 Å². The number of benzene rings is 2. The van der Waals surface area contributed by atoms with Crippen LogP contribution >= 0.6 is 43.5 Å². The highest BCUT2D eigenvalue weighted by Crippen LogP contribution is 2.27. The van der Waals surface area contributed by atoms with Crippen LogP contribution < -0.4 is 4.74 Å². The summed E-state index contributed by atoms with van der Waals surface area (Å²) in [7, 11) is 0. The molecule has 0 aliphatic carbocycles. The first-order valence-electron chi connectivity index (χ1n) is 5.40. The molecule has 2 aromatic rings. The van der Waals surface area contributed by atoms with Gasteiger partial charge in [0.2, 0.25) is 0 Å². The van der Waals surface area contributed by atoms with Gasteiger partial charge < -0.3 is 4.74 Å². The Labute approximate surface area is 128 Å². The van der Waals surface area contributed by atoms with E-state index in [4.69, 9.17) is 16.3 Å². The molecule has 4 heteroatoms. The van der Waals surface area contributed by atoms with Crippen LogP contribution in [0.4, 0.5) is 0 Å². The normalized spacial score (nSPS) is 10.4. The first-order valence-corrected chi connectivity index (χ1v) is 7.70. The lowest BCUT2D eigenvalue weighted by atomic mass is 10.2. The molecule has 0 aromatic heterocycles. The number of halogens is 3. The van der Waals surface area contributed by atoms with Crippen molar-refractivity contribution in [2.75, 3.05) is 0 Å². The van der Waals surface area contributed by atoms with E-state index in [1.807, 2.05) is 42.5 Å². The number of hydrogen-bond acceptors (Lipinski definition) is 1. The van der Waals surface area contributed by atoms with Gasteiger partial charge in [0.05, 0.1) is 5.02 Å². The van der Waals surface area contributed by atoms with Crippen LogP contribution in [0.25, 0.3) is 0 Å². The number of hydrogen-bond donors (Lipinski definition) is 0. The molecular weight excluding hydrogens is 379 g/mol. The SMILES string of the molecule is Clc1cc(CBr)ccc1OCc1ccc(Br)cc1. The fourth-order valence-corrected chi connectivity index (χ4v) is 2.36. The zero-order valence-electron chi connectivity index (χ0n) is 9.50. The van der Waals surface area contributed by atoms with Gasteiger partial charge in [-0.25, -0.2) is 0 Å². The molecule has 2 rings (SSSR count). The lowest BCUT2D eigenvalue weighted by molar-refractivity contribution is 0.306. The standard InChI is InChI=1S/C14H11Br2ClO/c15-8-11-3-6-14(13(17)7-11)18-9-10-1-4-12(16)5-2-10/h1-7H,8-9H2. The van der Waals surface area contributed by atoms with E-state index in [9.17, 15) is 0 Å². The maximum Gasteiger partial charge on any atom is 0.138 e. The first-order chi connectivity index (χ1) is 8.69. The van der Waals surface area contributed by atoms with Crippen molar-refractivity contribution in [2.24, 2.45) is 0 Å². The molecule has 0 heterocycles. The van der Waals surface area contributed by atoms with Crippen molar-refractivity contribution in [3.8, 4) is 5.75 Å². The van der Waals surface area contributed by atoms with Gasteiger partial charge >= 0.3 is 0 Å². The van der Waals surface area contributed by atoms with Crippen LogP contribution in [0.15, 0.2) is 46.9 Å². The Morgan fingerprint density at radius 1 is 1.00 bits per heavy atom. The van der Waals surface area contributed by atoms with Crippen molar-refractivity contribution in [3.63, 3.8) is 0 Å². The van der Waals surface area contributed by atoms with Gasteiger partial charge in [-0.1, -0.05) is 61.7 Å². The van der Waals surface area contributed by atoms with Crippen molar-refractivity contribution in [2.45, 2.75) is 11.9 Å². The van der Waals surface area contributed by atoms with Crippen LogP contribution in [0.5, 0.6) is 5.75 Å². The maximum absolute atomic E-state index is 6.15. The first kappa shape index (κ1) is 13.9. The molecule has 2 aromatic carbocycles. The van der Waals surface area contributed by atoms with Gasteiger partial charge in [-0.05, 0) is 35.4 Å². The van der Waals surface area contributed by atoms with E-state index in [0.29, 0.717) is 17.4 Å². The average Bonchev–Trinajstić information content (AvgIpc) is 2.39. The monoisotopic (exact) mass is 388 g/mol. The second-order valence-corrected chi connectivity index (χ2v) is 5.70. The zero-order valence-corrected chi connectivity index (χ0v) is 13.4. The summed E-state index contributed by atoms with van der Waals surface area (Å²) >= 11 is 12.9. The molecule has 0 atom stereocenters. The second-order valence-electron chi connectivity index (χ2n) is 3.81. The molecule has 0 saturated carbocycles. The molecule has 0 aliphatic heterocycles. The summed E-state index contributed by atoms with van der Waals surface area (Å²) in [5.74, 6) is 0.712. The van der Waals surface area contributed by atoms with Gasteiger partial charge in [0.15, 0.2) is 0 Å².